The van der Waals surface area contributed by atoms with E-state index >= 15 is 0 Å². The molecule has 6 nitrogen and oxygen atoms in total. The number of para-hydroxylation sites is 1. The molecule has 0 fully saturated rings. The molecule has 0 radical (unpaired) electrons. The molecule has 0 atom stereocenters. The van der Waals surface area contributed by atoms with Crippen molar-refractivity contribution in [3.8, 4) is 5.75 Å². The van der Waals surface area contributed by atoms with Gasteiger partial charge in [-0.15, -0.1) is 5.10 Å². The van der Waals surface area contributed by atoms with E-state index in [1.165, 1.54) is 0 Å². The summed E-state index contributed by atoms with van der Waals surface area (Å²) in [5.41, 5.74) is 2.12. The molecule has 0 aliphatic carbocycles. The van der Waals surface area contributed by atoms with E-state index in [4.69, 9.17) is 16.3 Å². The fourth-order valence-electron chi connectivity index (χ4n) is 2.51. The van der Waals surface area contributed by atoms with Gasteiger partial charge in [0.25, 0.3) is 0 Å². The molecule has 1 heterocycles. The van der Waals surface area contributed by atoms with Crippen LogP contribution < -0.4 is 15.4 Å². The summed E-state index contributed by atoms with van der Waals surface area (Å²) in [5, 5.41) is 15.1. The van der Waals surface area contributed by atoms with Gasteiger partial charge in [0.2, 0.25) is 5.95 Å². The van der Waals surface area contributed by atoms with Crippen molar-refractivity contribution < 1.29 is 4.74 Å². The number of ether oxygens (including phenoxy) is 1. The molecule has 26 heavy (non-hydrogen) atoms. The van der Waals surface area contributed by atoms with Crippen molar-refractivity contribution in [2.75, 3.05) is 24.3 Å². The Morgan fingerprint density at radius 1 is 1.00 bits per heavy atom. The summed E-state index contributed by atoms with van der Waals surface area (Å²) in [5.74, 6) is 2.00. The summed E-state index contributed by atoms with van der Waals surface area (Å²) in [6.45, 7) is 1.25. The molecule has 2 N–H and O–H groups in total. The van der Waals surface area contributed by atoms with Crippen LogP contribution in [0.4, 0.5) is 11.8 Å². The van der Waals surface area contributed by atoms with Gasteiger partial charge >= 0.3 is 0 Å². The third kappa shape index (κ3) is 4.83. The first-order valence-electron chi connectivity index (χ1n) is 8.29. The highest BCUT2D eigenvalue weighted by Crippen LogP contribution is 2.18. The highest BCUT2D eigenvalue weighted by atomic mass is 35.5. The zero-order valence-electron chi connectivity index (χ0n) is 14.4. The lowest BCUT2D eigenvalue weighted by Crippen LogP contribution is -2.10. The van der Waals surface area contributed by atoms with Crippen molar-refractivity contribution in [1.29, 1.82) is 0 Å². The molecule has 2 aromatic carbocycles. The minimum Gasteiger partial charge on any atom is -0.496 e. The number of methoxy groups -OCH3 is 1. The molecule has 0 saturated carbocycles. The van der Waals surface area contributed by atoms with Gasteiger partial charge in [0.15, 0.2) is 5.82 Å². The maximum Gasteiger partial charge on any atom is 0.244 e. The quantitative estimate of drug-likeness (QED) is 0.629. The number of hydrogen-bond donors (Lipinski definition) is 2. The molecular formula is C19H20ClN5O. The average molecular weight is 370 g/mol. The average Bonchev–Trinajstić information content (AvgIpc) is 2.68. The van der Waals surface area contributed by atoms with E-state index in [1.807, 2.05) is 42.5 Å². The topological polar surface area (TPSA) is 72.0 Å². The molecule has 0 amide bonds. The van der Waals surface area contributed by atoms with E-state index < -0.39 is 0 Å². The van der Waals surface area contributed by atoms with E-state index in [0.29, 0.717) is 29.9 Å². The lowest BCUT2D eigenvalue weighted by molar-refractivity contribution is 0.410. The zero-order chi connectivity index (χ0) is 18.2. The highest BCUT2D eigenvalue weighted by molar-refractivity contribution is 6.31. The standard InChI is InChI=1S/C19H20ClN5O/c1-26-17-9-5-3-6-14(17)10-11-21-18-13-23-25-19(24-18)22-12-15-7-2-4-8-16(15)20/h2-9,13H,10-12H2,1H3,(H2,21,22,24,25). The van der Waals surface area contributed by atoms with Crippen molar-refractivity contribution in [3.05, 3.63) is 70.9 Å². The Balaban J connectivity index is 1.55. The summed E-state index contributed by atoms with van der Waals surface area (Å²) < 4.78 is 5.36. The summed E-state index contributed by atoms with van der Waals surface area (Å²) in [6, 6.07) is 15.6. The molecule has 0 bridgehead atoms. The van der Waals surface area contributed by atoms with Crippen LogP contribution in [0.3, 0.4) is 0 Å². The number of aromatic nitrogens is 3. The number of halogens is 1. The van der Waals surface area contributed by atoms with Crippen molar-refractivity contribution >= 4 is 23.4 Å². The van der Waals surface area contributed by atoms with E-state index in [2.05, 4.69) is 31.9 Å². The maximum atomic E-state index is 6.15. The van der Waals surface area contributed by atoms with Gasteiger partial charge in [0.1, 0.15) is 5.75 Å². The predicted octanol–water partition coefficient (Wildman–Crippen LogP) is 3.80. The third-order valence-electron chi connectivity index (χ3n) is 3.85. The second-order valence-corrected chi connectivity index (χ2v) is 6.01. The van der Waals surface area contributed by atoms with Gasteiger partial charge in [0, 0.05) is 18.1 Å². The summed E-state index contributed by atoms with van der Waals surface area (Å²) >= 11 is 6.15. The van der Waals surface area contributed by atoms with Crippen molar-refractivity contribution in [3.63, 3.8) is 0 Å². The van der Waals surface area contributed by atoms with E-state index in [9.17, 15) is 0 Å². The fourth-order valence-corrected chi connectivity index (χ4v) is 2.72. The number of rotatable bonds is 8. The van der Waals surface area contributed by atoms with Gasteiger partial charge in [-0.3, -0.25) is 0 Å². The van der Waals surface area contributed by atoms with Crippen LogP contribution in [0.15, 0.2) is 54.7 Å². The van der Waals surface area contributed by atoms with E-state index in [-0.39, 0.29) is 0 Å². The number of anilines is 2. The molecular weight excluding hydrogens is 350 g/mol. The Morgan fingerprint density at radius 3 is 2.58 bits per heavy atom. The van der Waals surface area contributed by atoms with Crippen LogP contribution in [0.5, 0.6) is 5.75 Å². The van der Waals surface area contributed by atoms with E-state index in [0.717, 1.165) is 23.3 Å². The van der Waals surface area contributed by atoms with Gasteiger partial charge in [0.05, 0.1) is 13.3 Å². The first-order valence-corrected chi connectivity index (χ1v) is 8.67. The first-order chi connectivity index (χ1) is 12.8. The Kier molecular flexibility index (Phi) is 6.22. The van der Waals surface area contributed by atoms with Crippen LogP contribution in [0.2, 0.25) is 5.02 Å². The molecule has 3 aromatic rings. The molecule has 0 saturated heterocycles. The summed E-state index contributed by atoms with van der Waals surface area (Å²) in [6.07, 6.45) is 2.42. The monoisotopic (exact) mass is 369 g/mol. The van der Waals surface area contributed by atoms with Gasteiger partial charge in [-0.25, -0.2) is 0 Å². The second kappa shape index (κ2) is 9.01. The zero-order valence-corrected chi connectivity index (χ0v) is 15.2. The lowest BCUT2D eigenvalue weighted by Gasteiger charge is -2.10. The van der Waals surface area contributed by atoms with Gasteiger partial charge in [-0.05, 0) is 29.7 Å². The van der Waals surface area contributed by atoms with Crippen LogP contribution >= 0.6 is 11.6 Å². The molecule has 7 heteroatoms. The molecule has 1 aromatic heterocycles. The summed E-state index contributed by atoms with van der Waals surface area (Å²) in [4.78, 5) is 4.42. The number of nitrogens with zero attached hydrogens (tertiary/aromatic N) is 3. The van der Waals surface area contributed by atoms with Gasteiger partial charge in [-0.2, -0.15) is 10.1 Å². The van der Waals surface area contributed by atoms with Crippen molar-refractivity contribution in [1.82, 2.24) is 15.2 Å². The molecule has 0 aliphatic heterocycles. The molecule has 0 spiro atoms. The smallest absolute Gasteiger partial charge is 0.244 e. The predicted molar refractivity (Wildman–Crippen MR) is 104 cm³/mol. The SMILES string of the molecule is COc1ccccc1CCNc1cnnc(NCc2ccccc2Cl)n1. The highest BCUT2D eigenvalue weighted by Gasteiger charge is 2.04. The van der Waals surface area contributed by atoms with Gasteiger partial charge < -0.3 is 15.4 Å². The lowest BCUT2D eigenvalue weighted by atomic mass is 10.1. The number of nitrogens with one attached hydrogen (secondary N) is 2. The van der Waals surface area contributed by atoms with Crippen molar-refractivity contribution in [2.24, 2.45) is 0 Å². The molecule has 134 valence electrons. The minimum absolute atomic E-state index is 0.451. The molecule has 0 aliphatic rings. The Morgan fingerprint density at radius 2 is 1.77 bits per heavy atom. The van der Waals surface area contributed by atoms with Gasteiger partial charge in [-0.1, -0.05) is 48.0 Å². The minimum atomic E-state index is 0.451. The van der Waals surface area contributed by atoms with E-state index in [1.54, 1.807) is 13.3 Å². The fraction of sp³-hybridized carbons (Fsp3) is 0.211. The Labute approximate surface area is 157 Å². The molecule has 0 unspecified atom stereocenters. The normalized spacial score (nSPS) is 10.4. The number of benzene rings is 2. The van der Waals surface area contributed by atoms with Crippen LogP contribution in [-0.2, 0) is 13.0 Å². The number of hydrogen-bond acceptors (Lipinski definition) is 6. The van der Waals surface area contributed by atoms with Crippen LogP contribution in [-0.4, -0.2) is 28.8 Å². The summed E-state index contributed by atoms with van der Waals surface area (Å²) in [7, 11) is 1.68. The first kappa shape index (κ1) is 17.9. The Bertz CT molecular complexity index is 859. The Hall–Kier alpha value is -2.86. The van der Waals surface area contributed by atoms with Crippen LogP contribution in [0.1, 0.15) is 11.1 Å². The largest absolute Gasteiger partial charge is 0.496 e. The maximum absolute atomic E-state index is 6.15. The molecule has 3 rings (SSSR count). The van der Waals surface area contributed by atoms with Crippen molar-refractivity contribution in [2.45, 2.75) is 13.0 Å². The van der Waals surface area contributed by atoms with Crippen LogP contribution in [0.25, 0.3) is 0 Å². The third-order valence-corrected chi connectivity index (χ3v) is 4.22. The van der Waals surface area contributed by atoms with Crippen LogP contribution in [0, 0.1) is 0 Å². The second-order valence-electron chi connectivity index (χ2n) is 5.60.